The van der Waals surface area contributed by atoms with Crippen LogP contribution in [-0.4, -0.2) is 40.7 Å². The number of hydrogen-bond acceptors (Lipinski definition) is 3. The minimum Gasteiger partial charge on any atom is -0.481 e. The largest absolute Gasteiger partial charge is 0.481 e. The smallest absolute Gasteiger partial charge is 0.315 e. The van der Waals surface area contributed by atoms with E-state index in [0.717, 1.165) is 12.8 Å². The second kappa shape index (κ2) is 7.03. The van der Waals surface area contributed by atoms with Gasteiger partial charge in [-0.1, -0.05) is 0 Å². The highest BCUT2D eigenvalue weighted by Gasteiger charge is 2.27. The third-order valence-corrected chi connectivity index (χ3v) is 4.89. The molecule has 1 saturated carbocycles. The lowest BCUT2D eigenvalue weighted by molar-refractivity contribution is -0.142. The Labute approximate surface area is 118 Å². The number of amides is 2. The van der Waals surface area contributed by atoms with Crippen LogP contribution in [0.1, 0.15) is 39.5 Å². The van der Waals surface area contributed by atoms with Crippen LogP contribution in [0.15, 0.2) is 0 Å². The second-order valence-corrected chi connectivity index (χ2v) is 7.19. The maximum Gasteiger partial charge on any atom is 0.315 e. The molecule has 0 atom stereocenters. The first-order valence-electron chi connectivity index (χ1n) is 6.66. The van der Waals surface area contributed by atoms with Crippen molar-refractivity contribution >= 4 is 23.8 Å². The van der Waals surface area contributed by atoms with E-state index >= 15 is 0 Å². The summed E-state index contributed by atoms with van der Waals surface area (Å²) in [6, 6.07) is -0.0473. The molecule has 1 aliphatic carbocycles. The van der Waals surface area contributed by atoms with E-state index in [4.69, 9.17) is 5.11 Å². The second-order valence-electron chi connectivity index (χ2n) is 5.68. The van der Waals surface area contributed by atoms with Crippen molar-refractivity contribution in [2.24, 2.45) is 5.92 Å². The molecule has 6 heteroatoms. The zero-order valence-corrected chi connectivity index (χ0v) is 12.7. The van der Waals surface area contributed by atoms with Crippen molar-refractivity contribution in [1.82, 2.24) is 10.6 Å². The summed E-state index contributed by atoms with van der Waals surface area (Å²) in [5.74, 6) is -0.957. The quantitative estimate of drug-likeness (QED) is 0.723. The first kappa shape index (κ1) is 16.1. The minimum atomic E-state index is -0.718. The van der Waals surface area contributed by atoms with Crippen LogP contribution in [0.3, 0.4) is 0 Å². The Balaban J connectivity index is 2.25. The molecule has 2 amide bonds. The highest BCUT2D eigenvalue weighted by atomic mass is 32.2. The summed E-state index contributed by atoms with van der Waals surface area (Å²) in [6.07, 6.45) is 4.81. The summed E-state index contributed by atoms with van der Waals surface area (Å²) in [6.45, 7) is 4.77. The van der Waals surface area contributed by atoms with Gasteiger partial charge in [-0.25, -0.2) is 4.79 Å². The minimum absolute atomic E-state index is 0.0261. The molecule has 110 valence electrons. The summed E-state index contributed by atoms with van der Waals surface area (Å²) in [4.78, 5) is 22.6. The highest BCUT2D eigenvalue weighted by molar-refractivity contribution is 7.99. The van der Waals surface area contributed by atoms with Crippen LogP contribution in [0.4, 0.5) is 4.79 Å². The number of carbonyl (C=O) groups excluding carboxylic acids is 1. The Morgan fingerprint density at radius 2 is 1.84 bits per heavy atom. The summed E-state index contributed by atoms with van der Waals surface area (Å²) in [5.41, 5.74) is 0. The molecule has 1 rings (SSSR count). The number of nitrogens with one attached hydrogen (secondary N) is 2. The molecule has 0 saturated heterocycles. The summed E-state index contributed by atoms with van der Waals surface area (Å²) in [5, 5.41) is 14.7. The molecule has 0 aromatic rings. The Hall–Kier alpha value is -0.910. The molecule has 0 bridgehead atoms. The van der Waals surface area contributed by atoms with Gasteiger partial charge >= 0.3 is 12.0 Å². The van der Waals surface area contributed by atoms with Crippen molar-refractivity contribution in [1.29, 1.82) is 0 Å². The van der Waals surface area contributed by atoms with Crippen LogP contribution in [0, 0.1) is 5.92 Å². The standard InChI is InChI=1S/C13H24N2O3S/c1-13(2,19-3)8-14-12(18)15-10-6-4-9(5-7-10)11(16)17/h9-10H,4-8H2,1-3H3,(H,16,17)(H2,14,15,18). The van der Waals surface area contributed by atoms with Crippen LogP contribution in [0.2, 0.25) is 0 Å². The van der Waals surface area contributed by atoms with E-state index in [1.54, 1.807) is 11.8 Å². The Kier molecular flexibility index (Phi) is 5.97. The van der Waals surface area contributed by atoms with Crippen molar-refractivity contribution in [3.05, 3.63) is 0 Å². The van der Waals surface area contributed by atoms with Gasteiger partial charge in [0.1, 0.15) is 0 Å². The highest BCUT2D eigenvalue weighted by Crippen LogP contribution is 2.24. The molecule has 0 aliphatic heterocycles. The lowest BCUT2D eigenvalue weighted by Crippen LogP contribution is -2.47. The van der Waals surface area contributed by atoms with Gasteiger partial charge in [0.2, 0.25) is 0 Å². The van der Waals surface area contributed by atoms with Crippen LogP contribution in [0.5, 0.6) is 0 Å². The molecule has 5 nitrogen and oxygen atoms in total. The number of urea groups is 1. The van der Waals surface area contributed by atoms with E-state index in [1.807, 2.05) is 6.26 Å². The SMILES string of the molecule is CSC(C)(C)CNC(=O)NC1CCC(C(=O)O)CC1. The van der Waals surface area contributed by atoms with Crippen molar-refractivity contribution in [2.75, 3.05) is 12.8 Å². The normalized spacial score (nSPS) is 23.7. The summed E-state index contributed by atoms with van der Waals surface area (Å²) >= 11 is 1.71. The average molecular weight is 288 g/mol. The number of carboxylic acids is 1. The fourth-order valence-electron chi connectivity index (χ4n) is 2.09. The molecule has 1 fully saturated rings. The molecule has 0 radical (unpaired) electrons. The molecule has 3 N–H and O–H groups in total. The lowest BCUT2D eigenvalue weighted by Gasteiger charge is -2.28. The number of carboxylic acid groups (broad SMARTS) is 1. The lowest BCUT2D eigenvalue weighted by atomic mass is 9.86. The van der Waals surface area contributed by atoms with E-state index in [2.05, 4.69) is 24.5 Å². The van der Waals surface area contributed by atoms with E-state index in [-0.39, 0.29) is 22.7 Å². The first-order valence-corrected chi connectivity index (χ1v) is 7.89. The summed E-state index contributed by atoms with van der Waals surface area (Å²) < 4.78 is 0.0261. The van der Waals surface area contributed by atoms with Gasteiger partial charge in [0.25, 0.3) is 0 Å². The molecule has 0 aromatic carbocycles. The van der Waals surface area contributed by atoms with Gasteiger partial charge in [0, 0.05) is 17.3 Å². The summed E-state index contributed by atoms with van der Waals surface area (Å²) in [7, 11) is 0. The number of carbonyl (C=O) groups is 2. The fraction of sp³-hybridized carbons (Fsp3) is 0.846. The average Bonchev–Trinajstić information content (AvgIpc) is 2.37. The molecular weight excluding hydrogens is 264 g/mol. The van der Waals surface area contributed by atoms with Gasteiger partial charge in [-0.2, -0.15) is 11.8 Å². The molecular formula is C13H24N2O3S. The van der Waals surface area contributed by atoms with Crippen LogP contribution in [-0.2, 0) is 4.79 Å². The molecule has 19 heavy (non-hydrogen) atoms. The maximum absolute atomic E-state index is 11.7. The van der Waals surface area contributed by atoms with Crippen LogP contribution < -0.4 is 10.6 Å². The molecule has 1 aliphatic rings. The molecule has 0 spiro atoms. The monoisotopic (exact) mass is 288 g/mol. The third-order valence-electron chi connectivity index (χ3n) is 3.64. The van der Waals surface area contributed by atoms with Crippen molar-refractivity contribution in [2.45, 2.75) is 50.3 Å². The number of thioether (sulfide) groups is 1. The first-order chi connectivity index (χ1) is 8.84. The zero-order chi connectivity index (χ0) is 14.5. The predicted octanol–water partition coefficient (Wildman–Crippen LogP) is 2.07. The third kappa shape index (κ3) is 5.72. The molecule has 0 aromatic heterocycles. The van der Waals surface area contributed by atoms with Gasteiger partial charge in [0.15, 0.2) is 0 Å². The fourth-order valence-corrected chi connectivity index (χ4v) is 2.30. The zero-order valence-electron chi connectivity index (χ0n) is 11.9. The van der Waals surface area contributed by atoms with Gasteiger partial charge in [-0.3, -0.25) is 4.79 Å². The van der Waals surface area contributed by atoms with Gasteiger partial charge in [0.05, 0.1) is 5.92 Å². The Bertz CT molecular complexity index is 326. The topological polar surface area (TPSA) is 78.4 Å². The maximum atomic E-state index is 11.7. The van der Waals surface area contributed by atoms with Crippen molar-refractivity contribution in [3.63, 3.8) is 0 Å². The van der Waals surface area contributed by atoms with E-state index in [9.17, 15) is 9.59 Å². The molecule has 0 unspecified atom stereocenters. The van der Waals surface area contributed by atoms with Gasteiger partial charge < -0.3 is 15.7 Å². The Morgan fingerprint density at radius 1 is 1.26 bits per heavy atom. The van der Waals surface area contributed by atoms with Gasteiger partial charge in [-0.05, 0) is 45.8 Å². The number of hydrogen-bond donors (Lipinski definition) is 3. The van der Waals surface area contributed by atoms with Crippen molar-refractivity contribution in [3.8, 4) is 0 Å². The van der Waals surface area contributed by atoms with E-state index in [0.29, 0.717) is 19.4 Å². The van der Waals surface area contributed by atoms with E-state index < -0.39 is 5.97 Å². The number of rotatable bonds is 5. The number of aliphatic carboxylic acids is 1. The van der Waals surface area contributed by atoms with Gasteiger partial charge in [-0.15, -0.1) is 0 Å². The van der Waals surface area contributed by atoms with E-state index in [1.165, 1.54) is 0 Å². The van der Waals surface area contributed by atoms with Crippen molar-refractivity contribution < 1.29 is 14.7 Å². The Morgan fingerprint density at radius 3 is 2.32 bits per heavy atom. The molecule has 0 heterocycles. The van der Waals surface area contributed by atoms with Crippen LogP contribution in [0.25, 0.3) is 0 Å². The van der Waals surface area contributed by atoms with Crippen LogP contribution >= 0.6 is 11.8 Å². The predicted molar refractivity (Wildman–Crippen MR) is 77.5 cm³/mol.